The Morgan fingerprint density at radius 1 is 1.35 bits per heavy atom. The maximum absolute atomic E-state index is 12.4. The lowest BCUT2D eigenvalue weighted by atomic mass is 10.1. The van der Waals surface area contributed by atoms with Crippen molar-refractivity contribution in [2.75, 3.05) is 5.32 Å². The van der Waals surface area contributed by atoms with Gasteiger partial charge in [-0.25, -0.2) is 0 Å². The smallest absolute Gasteiger partial charge is 0.320 e. The fraction of sp³-hybridized carbons (Fsp3) is 0.133. The van der Waals surface area contributed by atoms with E-state index in [1.54, 1.807) is 18.3 Å². The van der Waals surface area contributed by atoms with Crippen molar-refractivity contribution < 1.29 is 9.72 Å². The summed E-state index contributed by atoms with van der Waals surface area (Å²) in [6, 6.07) is 7.17. The zero-order valence-corrected chi connectivity index (χ0v) is 12.5. The Morgan fingerprint density at radius 2 is 2.13 bits per heavy atom. The first-order valence-electron chi connectivity index (χ1n) is 6.81. The number of anilines is 1. The molecule has 23 heavy (non-hydrogen) atoms. The van der Waals surface area contributed by atoms with Gasteiger partial charge in [0.1, 0.15) is 6.20 Å². The fourth-order valence-electron chi connectivity index (χ4n) is 2.38. The SMILES string of the molecule is Cc1ccc(NC(=O)c2nn(C)cc2[N+](=O)[O-])c2cccnc12. The monoisotopic (exact) mass is 311 g/mol. The average Bonchev–Trinajstić information content (AvgIpc) is 2.93. The zero-order chi connectivity index (χ0) is 16.6. The van der Waals surface area contributed by atoms with Gasteiger partial charge in [0.05, 0.1) is 16.1 Å². The first-order chi connectivity index (χ1) is 11.0. The van der Waals surface area contributed by atoms with E-state index in [2.05, 4.69) is 15.4 Å². The quantitative estimate of drug-likeness (QED) is 0.591. The molecule has 0 radical (unpaired) electrons. The molecular formula is C15H13N5O3. The van der Waals surface area contributed by atoms with Crippen LogP contribution in [-0.2, 0) is 7.05 Å². The van der Waals surface area contributed by atoms with Crippen molar-refractivity contribution in [1.29, 1.82) is 0 Å². The predicted molar refractivity (Wildman–Crippen MR) is 84.3 cm³/mol. The van der Waals surface area contributed by atoms with E-state index in [1.807, 2.05) is 19.1 Å². The standard InChI is InChI=1S/C15H13N5O3/c1-9-5-6-11(10-4-3-7-16-13(9)10)17-15(21)14-12(20(22)23)8-19(2)18-14/h3-8H,1-2H3,(H,17,21). The lowest BCUT2D eigenvalue weighted by Gasteiger charge is -2.08. The number of hydrogen-bond acceptors (Lipinski definition) is 5. The molecule has 0 aliphatic heterocycles. The van der Waals surface area contributed by atoms with E-state index in [4.69, 9.17) is 0 Å². The number of carbonyl (C=O) groups is 1. The molecule has 0 spiro atoms. The van der Waals surface area contributed by atoms with Gasteiger partial charge in [0.15, 0.2) is 0 Å². The summed E-state index contributed by atoms with van der Waals surface area (Å²) in [5, 5.41) is 18.3. The van der Waals surface area contributed by atoms with Crippen LogP contribution in [0.3, 0.4) is 0 Å². The molecule has 3 aromatic rings. The van der Waals surface area contributed by atoms with Gasteiger partial charge < -0.3 is 5.32 Å². The normalized spacial score (nSPS) is 10.7. The molecule has 0 unspecified atom stereocenters. The van der Waals surface area contributed by atoms with E-state index < -0.39 is 10.8 Å². The average molecular weight is 311 g/mol. The Labute approximate surface area is 130 Å². The number of rotatable bonds is 3. The first kappa shape index (κ1) is 14.6. The van der Waals surface area contributed by atoms with E-state index in [0.29, 0.717) is 5.69 Å². The second-order valence-electron chi connectivity index (χ2n) is 5.08. The van der Waals surface area contributed by atoms with Crippen molar-refractivity contribution in [3.05, 3.63) is 58.0 Å². The van der Waals surface area contributed by atoms with E-state index in [9.17, 15) is 14.9 Å². The Bertz CT molecular complexity index is 932. The summed E-state index contributed by atoms with van der Waals surface area (Å²) in [6.07, 6.45) is 2.87. The van der Waals surface area contributed by atoms with E-state index >= 15 is 0 Å². The Balaban J connectivity index is 2.02. The van der Waals surface area contributed by atoms with Crippen molar-refractivity contribution in [3.8, 4) is 0 Å². The van der Waals surface area contributed by atoms with Crippen LogP contribution in [-0.4, -0.2) is 25.6 Å². The van der Waals surface area contributed by atoms with Crippen molar-refractivity contribution >= 4 is 28.2 Å². The molecule has 1 amide bonds. The molecule has 2 aromatic heterocycles. The summed E-state index contributed by atoms with van der Waals surface area (Å²) in [4.78, 5) is 27.0. The van der Waals surface area contributed by atoms with Crippen molar-refractivity contribution in [3.63, 3.8) is 0 Å². The van der Waals surface area contributed by atoms with Crippen LogP contribution >= 0.6 is 0 Å². The largest absolute Gasteiger partial charge is 0.320 e. The Kier molecular flexibility index (Phi) is 3.49. The number of aromatic nitrogens is 3. The summed E-state index contributed by atoms with van der Waals surface area (Å²) in [5.74, 6) is -0.633. The van der Waals surface area contributed by atoms with Crippen molar-refractivity contribution in [1.82, 2.24) is 14.8 Å². The van der Waals surface area contributed by atoms with Crippen molar-refractivity contribution in [2.45, 2.75) is 6.92 Å². The molecule has 1 aromatic carbocycles. The fourth-order valence-corrected chi connectivity index (χ4v) is 2.38. The van der Waals surface area contributed by atoms with E-state index in [1.165, 1.54) is 17.9 Å². The number of fused-ring (bicyclic) bond motifs is 1. The highest BCUT2D eigenvalue weighted by atomic mass is 16.6. The van der Waals surface area contributed by atoms with Crippen LogP contribution in [0.4, 0.5) is 11.4 Å². The number of amides is 1. The van der Waals surface area contributed by atoms with Crippen LogP contribution in [0.1, 0.15) is 16.1 Å². The van der Waals surface area contributed by atoms with Gasteiger partial charge in [-0.1, -0.05) is 6.07 Å². The van der Waals surface area contributed by atoms with Gasteiger partial charge in [-0.3, -0.25) is 24.6 Å². The number of hydrogen-bond donors (Lipinski definition) is 1. The number of carbonyl (C=O) groups excluding carboxylic acids is 1. The molecule has 116 valence electrons. The third-order valence-corrected chi connectivity index (χ3v) is 3.44. The number of aryl methyl sites for hydroxylation is 2. The molecule has 8 heteroatoms. The number of pyridine rings is 1. The van der Waals surface area contributed by atoms with Gasteiger partial charge in [0.2, 0.25) is 5.69 Å². The second-order valence-corrected chi connectivity index (χ2v) is 5.08. The minimum atomic E-state index is -0.633. The summed E-state index contributed by atoms with van der Waals surface area (Å²) in [7, 11) is 1.52. The molecule has 3 rings (SSSR count). The number of nitrogens with zero attached hydrogens (tertiary/aromatic N) is 4. The third-order valence-electron chi connectivity index (χ3n) is 3.44. The number of nitro groups is 1. The van der Waals surface area contributed by atoms with Crippen molar-refractivity contribution in [2.24, 2.45) is 7.05 Å². The minimum Gasteiger partial charge on any atom is -0.320 e. The van der Waals surface area contributed by atoms with Gasteiger partial charge >= 0.3 is 5.69 Å². The molecule has 0 aliphatic rings. The van der Waals surface area contributed by atoms with Gasteiger partial charge in [0.25, 0.3) is 5.91 Å². The molecule has 8 nitrogen and oxygen atoms in total. The van der Waals surface area contributed by atoms with E-state index in [-0.39, 0.29) is 11.4 Å². The predicted octanol–water partition coefficient (Wildman–Crippen LogP) is 2.44. The van der Waals surface area contributed by atoms with Gasteiger partial charge in [-0.15, -0.1) is 0 Å². The molecule has 0 bridgehead atoms. The van der Waals surface area contributed by atoms with Crippen LogP contribution in [0.2, 0.25) is 0 Å². The van der Waals surface area contributed by atoms with Crippen LogP contribution in [0.15, 0.2) is 36.7 Å². The van der Waals surface area contributed by atoms with Crippen LogP contribution in [0, 0.1) is 17.0 Å². The van der Waals surface area contributed by atoms with Gasteiger partial charge in [-0.2, -0.15) is 5.10 Å². The van der Waals surface area contributed by atoms with Crippen LogP contribution in [0.25, 0.3) is 10.9 Å². The maximum Gasteiger partial charge on any atom is 0.320 e. The maximum atomic E-state index is 12.4. The van der Waals surface area contributed by atoms with Crippen LogP contribution < -0.4 is 5.32 Å². The number of benzene rings is 1. The third kappa shape index (κ3) is 2.61. The van der Waals surface area contributed by atoms with E-state index in [0.717, 1.165) is 16.5 Å². The molecule has 2 heterocycles. The Hall–Kier alpha value is -3.29. The first-order valence-corrected chi connectivity index (χ1v) is 6.81. The molecule has 0 aliphatic carbocycles. The summed E-state index contributed by atoms with van der Waals surface area (Å²) in [5.41, 5.74) is 1.71. The highest BCUT2D eigenvalue weighted by Crippen LogP contribution is 2.26. The zero-order valence-electron chi connectivity index (χ0n) is 12.5. The molecule has 0 fully saturated rings. The molecule has 1 N–H and O–H groups in total. The van der Waals surface area contributed by atoms with Gasteiger partial charge in [0, 0.05) is 18.6 Å². The summed E-state index contributed by atoms with van der Waals surface area (Å²) >= 11 is 0. The molecule has 0 saturated heterocycles. The Morgan fingerprint density at radius 3 is 2.87 bits per heavy atom. The van der Waals surface area contributed by atoms with Gasteiger partial charge in [-0.05, 0) is 30.7 Å². The lowest BCUT2D eigenvalue weighted by Crippen LogP contribution is -2.15. The minimum absolute atomic E-state index is 0.227. The molecule has 0 saturated carbocycles. The summed E-state index contributed by atoms with van der Waals surface area (Å²) in [6.45, 7) is 1.92. The highest BCUT2D eigenvalue weighted by molar-refractivity contribution is 6.09. The number of nitrogens with one attached hydrogen (secondary N) is 1. The summed E-state index contributed by atoms with van der Waals surface area (Å²) < 4.78 is 1.24. The lowest BCUT2D eigenvalue weighted by molar-refractivity contribution is -0.385. The molecular weight excluding hydrogens is 298 g/mol. The molecule has 0 atom stereocenters. The second kappa shape index (κ2) is 5.48. The van der Waals surface area contributed by atoms with Crippen LogP contribution in [0.5, 0.6) is 0 Å². The topological polar surface area (TPSA) is 103 Å². The highest BCUT2D eigenvalue weighted by Gasteiger charge is 2.25.